The third kappa shape index (κ3) is 2.95. The topological polar surface area (TPSA) is 89.5 Å². The van der Waals surface area contributed by atoms with Crippen LogP contribution in [0, 0.1) is 10.1 Å². The van der Waals surface area contributed by atoms with Crippen LogP contribution in [0.4, 0.5) is 11.4 Å². The Bertz CT molecular complexity index is 581. The first-order valence-corrected chi connectivity index (χ1v) is 7.26. The van der Waals surface area contributed by atoms with Gasteiger partial charge in [0.15, 0.2) is 0 Å². The predicted octanol–water partition coefficient (Wildman–Crippen LogP) is 3.23. The summed E-state index contributed by atoms with van der Waals surface area (Å²) in [4.78, 5) is 24.8. The molecule has 6 nitrogen and oxygen atoms in total. The lowest BCUT2D eigenvalue weighted by Crippen LogP contribution is -2.47. The van der Waals surface area contributed by atoms with Crippen LogP contribution >= 0.6 is 11.6 Å². The molecule has 1 saturated heterocycles. The lowest BCUT2D eigenvalue weighted by molar-refractivity contribution is -0.384. The number of piperidine rings is 1. The highest BCUT2D eigenvalue weighted by Crippen LogP contribution is 2.32. The van der Waals surface area contributed by atoms with Crippen LogP contribution in [0.25, 0.3) is 0 Å². The van der Waals surface area contributed by atoms with E-state index in [-0.39, 0.29) is 40.0 Å². The number of carbonyl (C=O) groups is 1. The van der Waals surface area contributed by atoms with E-state index < -0.39 is 4.92 Å². The van der Waals surface area contributed by atoms with Crippen molar-refractivity contribution in [2.75, 3.05) is 5.73 Å². The number of nitrogens with zero attached hydrogens (tertiary/aromatic N) is 2. The Balaban J connectivity index is 2.45. The average molecular weight is 312 g/mol. The maximum Gasteiger partial charge on any atom is 0.271 e. The number of hydrogen-bond donors (Lipinski definition) is 1. The van der Waals surface area contributed by atoms with Gasteiger partial charge in [0.2, 0.25) is 0 Å². The standard InChI is InChI=1S/C14H18ClN3O3/c1-8-4-3-5-9(2)17(8)14(19)11-6-10(18(20)21)7-12(15)13(11)16/h6-9H,3-5,16H2,1-2H3/t8-,9+. The van der Waals surface area contributed by atoms with Gasteiger partial charge in [-0.2, -0.15) is 0 Å². The minimum absolute atomic E-state index is 0.0323. The monoisotopic (exact) mass is 311 g/mol. The van der Waals surface area contributed by atoms with Gasteiger partial charge < -0.3 is 10.6 Å². The second-order valence-corrected chi connectivity index (χ2v) is 5.89. The summed E-state index contributed by atoms with van der Waals surface area (Å²) in [5.74, 6) is -0.294. The summed E-state index contributed by atoms with van der Waals surface area (Å²) >= 11 is 5.92. The molecule has 114 valence electrons. The van der Waals surface area contributed by atoms with Crippen LogP contribution in [0.3, 0.4) is 0 Å². The number of rotatable bonds is 2. The van der Waals surface area contributed by atoms with Crippen molar-refractivity contribution in [1.29, 1.82) is 0 Å². The first-order chi connectivity index (χ1) is 9.82. The van der Waals surface area contributed by atoms with Gasteiger partial charge in [-0.1, -0.05) is 11.6 Å². The summed E-state index contributed by atoms with van der Waals surface area (Å²) in [5.41, 5.74) is 5.82. The van der Waals surface area contributed by atoms with Gasteiger partial charge in [-0.15, -0.1) is 0 Å². The fraction of sp³-hybridized carbons (Fsp3) is 0.500. The number of nitrogens with two attached hydrogens (primary N) is 1. The molecule has 1 heterocycles. The summed E-state index contributed by atoms with van der Waals surface area (Å²) in [7, 11) is 0. The van der Waals surface area contributed by atoms with Crippen LogP contribution in [0.1, 0.15) is 43.5 Å². The van der Waals surface area contributed by atoms with E-state index in [0.717, 1.165) is 25.3 Å². The Kier molecular flexibility index (Phi) is 4.37. The number of benzene rings is 1. The summed E-state index contributed by atoms with van der Waals surface area (Å²) in [6.07, 6.45) is 2.90. The Hall–Kier alpha value is -1.82. The molecule has 0 saturated carbocycles. The molecule has 1 aliphatic heterocycles. The molecule has 7 heteroatoms. The van der Waals surface area contributed by atoms with Crippen molar-refractivity contribution in [2.45, 2.75) is 45.2 Å². The molecule has 1 amide bonds. The minimum Gasteiger partial charge on any atom is -0.397 e. The molecule has 2 atom stereocenters. The molecular formula is C14H18ClN3O3. The minimum atomic E-state index is -0.578. The summed E-state index contributed by atoms with van der Waals surface area (Å²) in [6.45, 7) is 3.95. The normalized spacial score (nSPS) is 22.1. The molecular weight excluding hydrogens is 294 g/mol. The lowest BCUT2D eigenvalue weighted by Gasteiger charge is -2.39. The number of nitrogen functional groups attached to an aromatic ring is 1. The largest absolute Gasteiger partial charge is 0.397 e. The van der Waals surface area contributed by atoms with Gasteiger partial charge in [0.1, 0.15) is 0 Å². The Morgan fingerprint density at radius 3 is 2.48 bits per heavy atom. The quantitative estimate of drug-likeness (QED) is 0.516. The molecule has 2 rings (SSSR count). The van der Waals surface area contributed by atoms with E-state index in [0.29, 0.717) is 0 Å². The zero-order valence-electron chi connectivity index (χ0n) is 12.0. The number of hydrogen-bond acceptors (Lipinski definition) is 4. The molecule has 0 aromatic heterocycles. The molecule has 0 unspecified atom stereocenters. The molecule has 0 aliphatic carbocycles. The van der Waals surface area contributed by atoms with E-state index in [1.165, 1.54) is 6.07 Å². The summed E-state index contributed by atoms with van der Waals surface area (Å²) < 4.78 is 0. The second kappa shape index (κ2) is 5.89. The maximum atomic E-state index is 12.7. The maximum absolute atomic E-state index is 12.7. The Morgan fingerprint density at radius 1 is 1.38 bits per heavy atom. The van der Waals surface area contributed by atoms with Crippen LogP contribution in [0.5, 0.6) is 0 Å². The van der Waals surface area contributed by atoms with Gasteiger partial charge in [0.05, 0.1) is 21.2 Å². The molecule has 0 radical (unpaired) electrons. The lowest BCUT2D eigenvalue weighted by atomic mass is 9.96. The number of nitro benzene ring substituents is 1. The highest BCUT2D eigenvalue weighted by atomic mass is 35.5. The second-order valence-electron chi connectivity index (χ2n) is 5.49. The van der Waals surface area contributed by atoms with E-state index >= 15 is 0 Å². The first-order valence-electron chi connectivity index (χ1n) is 6.89. The van der Waals surface area contributed by atoms with Crippen LogP contribution in [-0.2, 0) is 0 Å². The van der Waals surface area contributed by atoms with Crippen molar-refractivity contribution in [3.8, 4) is 0 Å². The number of halogens is 1. The van der Waals surface area contributed by atoms with Gasteiger partial charge in [0, 0.05) is 24.2 Å². The number of likely N-dealkylation sites (tertiary alicyclic amines) is 1. The zero-order valence-corrected chi connectivity index (χ0v) is 12.8. The van der Waals surface area contributed by atoms with Gasteiger partial charge in [-0.05, 0) is 33.1 Å². The van der Waals surface area contributed by atoms with Gasteiger partial charge in [0.25, 0.3) is 11.6 Å². The van der Waals surface area contributed by atoms with Crippen molar-refractivity contribution in [2.24, 2.45) is 0 Å². The van der Waals surface area contributed by atoms with E-state index in [1.54, 1.807) is 4.90 Å². The molecule has 1 aromatic rings. The van der Waals surface area contributed by atoms with Crippen LogP contribution in [0.15, 0.2) is 12.1 Å². The van der Waals surface area contributed by atoms with Crippen LogP contribution in [-0.4, -0.2) is 27.8 Å². The van der Waals surface area contributed by atoms with E-state index in [1.807, 2.05) is 13.8 Å². The molecule has 0 spiro atoms. The molecule has 1 aliphatic rings. The molecule has 1 fully saturated rings. The van der Waals surface area contributed by atoms with Crippen molar-refractivity contribution >= 4 is 28.9 Å². The highest BCUT2D eigenvalue weighted by molar-refractivity contribution is 6.34. The van der Waals surface area contributed by atoms with Gasteiger partial charge >= 0.3 is 0 Å². The van der Waals surface area contributed by atoms with E-state index in [4.69, 9.17) is 17.3 Å². The zero-order chi connectivity index (χ0) is 15.7. The van der Waals surface area contributed by atoms with Gasteiger partial charge in [-0.25, -0.2) is 0 Å². The highest BCUT2D eigenvalue weighted by Gasteiger charge is 2.32. The fourth-order valence-corrected chi connectivity index (χ4v) is 3.06. The fourth-order valence-electron chi connectivity index (χ4n) is 2.85. The van der Waals surface area contributed by atoms with Crippen LogP contribution in [0.2, 0.25) is 5.02 Å². The third-order valence-corrected chi connectivity index (χ3v) is 4.30. The average Bonchev–Trinajstić information content (AvgIpc) is 2.41. The van der Waals surface area contributed by atoms with Crippen LogP contribution < -0.4 is 5.73 Å². The number of amides is 1. The van der Waals surface area contributed by atoms with Crippen molar-refractivity contribution in [3.05, 3.63) is 32.8 Å². The van der Waals surface area contributed by atoms with Gasteiger partial charge in [-0.3, -0.25) is 14.9 Å². The summed E-state index contributed by atoms with van der Waals surface area (Å²) in [6, 6.07) is 2.53. The molecule has 21 heavy (non-hydrogen) atoms. The summed E-state index contributed by atoms with van der Waals surface area (Å²) in [5, 5.41) is 11.0. The molecule has 1 aromatic carbocycles. The Labute approximate surface area is 128 Å². The smallest absolute Gasteiger partial charge is 0.271 e. The predicted molar refractivity (Wildman–Crippen MR) is 81.5 cm³/mol. The number of nitro groups is 1. The SMILES string of the molecule is C[C@@H]1CCC[C@H](C)N1C(=O)c1cc([N+](=O)[O-])cc(Cl)c1N. The molecule has 2 N–H and O–H groups in total. The Morgan fingerprint density at radius 2 is 1.95 bits per heavy atom. The molecule has 0 bridgehead atoms. The van der Waals surface area contributed by atoms with Crippen molar-refractivity contribution in [3.63, 3.8) is 0 Å². The first kappa shape index (κ1) is 15.6. The van der Waals surface area contributed by atoms with E-state index in [9.17, 15) is 14.9 Å². The van der Waals surface area contributed by atoms with E-state index in [2.05, 4.69) is 0 Å². The number of non-ortho nitro benzene ring substituents is 1. The van der Waals surface area contributed by atoms with Crippen molar-refractivity contribution in [1.82, 2.24) is 4.90 Å². The third-order valence-electron chi connectivity index (χ3n) is 3.98. The number of carbonyl (C=O) groups excluding carboxylic acids is 1. The van der Waals surface area contributed by atoms with Crippen molar-refractivity contribution < 1.29 is 9.72 Å². The number of anilines is 1.